The Morgan fingerprint density at radius 3 is 2.26 bits per heavy atom. The van der Waals surface area contributed by atoms with Crippen molar-refractivity contribution in [3.63, 3.8) is 0 Å². The number of aromatic amines is 1. The maximum Gasteiger partial charge on any atom is 0.422 e. The monoisotopic (exact) mass is 576 g/mol. The number of H-pyrrole nitrogens is 1. The number of carboxylic acids is 2. The lowest BCUT2D eigenvalue weighted by atomic mass is 10.2. The SMILES string of the molecule is Cc1c[nH]c(=O)n(CCCN2CCN(c3ccc(Cl)cc3OCC(F)(F)F)CC2)c1=O.O=C(O)C=CC(=O)O. The van der Waals surface area contributed by atoms with Crippen molar-refractivity contribution in [1.82, 2.24) is 14.5 Å². The van der Waals surface area contributed by atoms with Crippen LogP contribution in [0.2, 0.25) is 5.02 Å². The Morgan fingerprint density at radius 2 is 1.69 bits per heavy atom. The molecule has 15 heteroatoms. The van der Waals surface area contributed by atoms with E-state index in [1.807, 2.05) is 4.90 Å². The Kier molecular flexibility index (Phi) is 11.6. The zero-order chi connectivity index (χ0) is 29.2. The van der Waals surface area contributed by atoms with E-state index < -0.39 is 30.4 Å². The van der Waals surface area contributed by atoms with Crippen LogP contribution in [0.15, 0.2) is 46.1 Å². The number of carboxylic acid groups (broad SMARTS) is 2. The minimum absolute atomic E-state index is 0.108. The van der Waals surface area contributed by atoms with Crippen LogP contribution in [0.3, 0.4) is 0 Å². The molecule has 39 heavy (non-hydrogen) atoms. The highest BCUT2D eigenvalue weighted by Crippen LogP contribution is 2.33. The first-order chi connectivity index (χ1) is 18.3. The number of aliphatic carboxylic acids is 2. The molecule has 2 heterocycles. The molecule has 0 atom stereocenters. The number of alkyl halides is 3. The quantitative estimate of drug-likeness (QED) is 0.383. The summed E-state index contributed by atoms with van der Waals surface area (Å²) in [6.07, 6.45) is -1.28. The molecular weight excluding hydrogens is 549 g/mol. The van der Waals surface area contributed by atoms with E-state index in [0.29, 0.717) is 74.1 Å². The molecule has 0 unspecified atom stereocenters. The van der Waals surface area contributed by atoms with Gasteiger partial charge >= 0.3 is 23.8 Å². The molecule has 1 fully saturated rings. The van der Waals surface area contributed by atoms with Crippen LogP contribution in [0, 0.1) is 6.92 Å². The van der Waals surface area contributed by atoms with Gasteiger partial charge in [0.05, 0.1) is 5.69 Å². The Balaban J connectivity index is 0.000000580. The third-order valence-corrected chi connectivity index (χ3v) is 5.73. The first-order valence-electron chi connectivity index (χ1n) is 11.7. The van der Waals surface area contributed by atoms with E-state index in [4.69, 9.17) is 26.6 Å². The number of benzene rings is 1. The Morgan fingerprint density at radius 1 is 1.08 bits per heavy atom. The number of rotatable bonds is 9. The molecule has 1 aromatic heterocycles. The molecule has 11 nitrogen and oxygen atoms in total. The molecular formula is C24H28ClF3N4O7. The Hall–Kier alpha value is -3.78. The van der Waals surface area contributed by atoms with E-state index in [9.17, 15) is 32.3 Å². The number of anilines is 1. The van der Waals surface area contributed by atoms with Crippen LogP contribution in [0.25, 0.3) is 0 Å². The van der Waals surface area contributed by atoms with Crippen LogP contribution in [0.5, 0.6) is 5.75 Å². The average Bonchev–Trinajstić information content (AvgIpc) is 2.86. The maximum atomic E-state index is 12.6. The Labute approximate surface area is 225 Å². The molecule has 1 aliphatic heterocycles. The van der Waals surface area contributed by atoms with Crippen molar-refractivity contribution >= 4 is 29.2 Å². The number of ether oxygens (including phenoxy) is 1. The highest BCUT2D eigenvalue weighted by atomic mass is 35.5. The zero-order valence-electron chi connectivity index (χ0n) is 20.9. The van der Waals surface area contributed by atoms with E-state index >= 15 is 0 Å². The van der Waals surface area contributed by atoms with Gasteiger partial charge in [-0.05, 0) is 32.0 Å². The third-order valence-electron chi connectivity index (χ3n) is 5.49. The van der Waals surface area contributed by atoms with Gasteiger partial charge in [-0.2, -0.15) is 13.2 Å². The molecule has 0 aliphatic carbocycles. The lowest BCUT2D eigenvalue weighted by Crippen LogP contribution is -2.47. The van der Waals surface area contributed by atoms with Crippen LogP contribution in [-0.4, -0.2) is 82.1 Å². The number of halogens is 4. The largest absolute Gasteiger partial charge is 0.482 e. The second-order valence-electron chi connectivity index (χ2n) is 8.44. The summed E-state index contributed by atoms with van der Waals surface area (Å²) in [5, 5.41) is 15.9. The van der Waals surface area contributed by atoms with E-state index in [2.05, 4.69) is 9.88 Å². The number of nitrogens with zero attached hydrogens (tertiary/aromatic N) is 3. The molecule has 3 N–H and O–H groups in total. The number of piperazine rings is 1. The number of nitrogens with one attached hydrogen (secondary N) is 1. The summed E-state index contributed by atoms with van der Waals surface area (Å²) >= 11 is 5.93. The average molecular weight is 577 g/mol. The number of carbonyl (C=O) groups is 2. The highest BCUT2D eigenvalue weighted by Gasteiger charge is 2.29. The molecule has 214 valence electrons. The first-order valence-corrected chi connectivity index (χ1v) is 12.0. The standard InChI is InChI=1S/C20H24ClF3N4O3.C4H4O4/c1-14-12-25-19(30)28(18(14)29)6-2-5-26-7-9-27(10-8-26)16-4-3-15(21)11-17(16)31-13-20(22,23)24;5-3(6)1-2-4(7)8/h3-4,11-12H,2,5-10,13H2,1H3,(H,25,30);1-2H,(H,5,6)(H,7,8). The molecule has 0 amide bonds. The summed E-state index contributed by atoms with van der Waals surface area (Å²) < 4.78 is 43.9. The molecule has 3 rings (SSSR count). The van der Waals surface area contributed by atoms with Crippen LogP contribution in [0.4, 0.5) is 18.9 Å². The first kappa shape index (κ1) is 31.4. The number of hydrogen-bond acceptors (Lipinski definition) is 7. The van der Waals surface area contributed by atoms with E-state index in [1.54, 1.807) is 19.1 Å². The lowest BCUT2D eigenvalue weighted by Gasteiger charge is -2.36. The van der Waals surface area contributed by atoms with Gasteiger partial charge in [-0.3, -0.25) is 14.3 Å². The van der Waals surface area contributed by atoms with Crippen LogP contribution < -0.4 is 20.9 Å². The number of aromatic nitrogens is 2. The van der Waals surface area contributed by atoms with Crippen molar-refractivity contribution in [2.24, 2.45) is 0 Å². The molecule has 1 aliphatic rings. The minimum Gasteiger partial charge on any atom is -0.482 e. The summed E-state index contributed by atoms with van der Waals surface area (Å²) in [7, 11) is 0. The summed E-state index contributed by atoms with van der Waals surface area (Å²) in [5.74, 6) is -2.41. The fourth-order valence-electron chi connectivity index (χ4n) is 3.65. The van der Waals surface area contributed by atoms with E-state index in [1.165, 1.54) is 16.8 Å². The fraction of sp³-hybridized carbons (Fsp3) is 0.417. The van der Waals surface area contributed by atoms with Gasteiger partial charge in [0.1, 0.15) is 5.75 Å². The fourth-order valence-corrected chi connectivity index (χ4v) is 3.81. The molecule has 1 saturated heterocycles. The van der Waals surface area contributed by atoms with Crippen molar-refractivity contribution in [3.05, 3.63) is 68.0 Å². The van der Waals surface area contributed by atoms with Crippen molar-refractivity contribution in [3.8, 4) is 5.75 Å². The van der Waals surface area contributed by atoms with Gasteiger partial charge in [0.2, 0.25) is 0 Å². The smallest absolute Gasteiger partial charge is 0.422 e. The summed E-state index contributed by atoms with van der Waals surface area (Å²) in [6.45, 7) is 3.90. The van der Waals surface area contributed by atoms with Crippen LogP contribution in [-0.2, 0) is 16.1 Å². The molecule has 0 radical (unpaired) electrons. The van der Waals surface area contributed by atoms with E-state index in [-0.39, 0.29) is 11.3 Å². The van der Waals surface area contributed by atoms with Gasteiger partial charge in [-0.1, -0.05) is 11.6 Å². The van der Waals surface area contributed by atoms with Crippen LogP contribution in [0.1, 0.15) is 12.0 Å². The summed E-state index contributed by atoms with van der Waals surface area (Å²) in [6, 6.07) is 4.69. The molecule has 0 saturated carbocycles. The van der Waals surface area contributed by atoms with E-state index in [0.717, 1.165) is 0 Å². The Bertz CT molecular complexity index is 1270. The van der Waals surface area contributed by atoms with Crippen molar-refractivity contribution < 1.29 is 37.7 Å². The maximum absolute atomic E-state index is 12.6. The topological polar surface area (TPSA) is 145 Å². The minimum atomic E-state index is -4.43. The number of hydrogen-bond donors (Lipinski definition) is 3. The predicted octanol–water partition coefficient (Wildman–Crippen LogP) is 2.36. The van der Waals surface area contributed by atoms with Crippen LogP contribution >= 0.6 is 11.6 Å². The predicted molar refractivity (Wildman–Crippen MR) is 137 cm³/mol. The second-order valence-corrected chi connectivity index (χ2v) is 8.88. The van der Waals surface area contributed by atoms with Gasteiger partial charge in [-0.25, -0.2) is 14.4 Å². The summed E-state index contributed by atoms with van der Waals surface area (Å²) in [5.41, 5.74) is 0.350. The lowest BCUT2D eigenvalue weighted by molar-refractivity contribution is -0.153. The second kappa shape index (κ2) is 14.4. The molecule has 0 bridgehead atoms. The highest BCUT2D eigenvalue weighted by molar-refractivity contribution is 6.30. The number of aryl methyl sites for hydroxylation is 1. The molecule has 2 aromatic rings. The zero-order valence-corrected chi connectivity index (χ0v) is 21.7. The summed E-state index contributed by atoms with van der Waals surface area (Å²) in [4.78, 5) is 49.7. The van der Waals surface area contributed by atoms with Crippen molar-refractivity contribution in [2.45, 2.75) is 26.1 Å². The van der Waals surface area contributed by atoms with Crippen molar-refractivity contribution in [2.75, 3.05) is 44.2 Å². The van der Waals surface area contributed by atoms with Gasteiger partial charge in [0.15, 0.2) is 6.61 Å². The normalized spacial score (nSPS) is 14.1. The van der Waals surface area contributed by atoms with Gasteiger partial charge in [-0.15, -0.1) is 0 Å². The van der Waals surface area contributed by atoms with Gasteiger partial charge < -0.3 is 24.8 Å². The van der Waals surface area contributed by atoms with Gasteiger partial charge in [0.25, 0.3) is 5.56 Å². The molecule has 1 aromatic carbocycles. The third kappa shape index (κ3) is 10.9. The van der Waals surface area contributed by atoms with Crippen molar-refractivity contribution in [1.29, 1.82) is 0 Å². The molecule has 0 spiro atoms. The van der Waals surface area contributed by atoms with Gasteiger partial charge in [0, 0.05) is 67.7 Å².